The minimum absolute atomic E-state index is 0.0358. The number of aromatic nitrogens is 2. The first-order chi connectivity index (χ1) is 13.0. The monoisotopic (exact) mass is 400 g/mol. The van der Waals surface area contributed by atoms with Crippen LogP contribution in [0.5, 0.6) is 0 Å². The molecule has 138 valence electrons. The fourth-order valence-electron chi connectivity index (χ4n) is 2.45. The van der Waals surface area contributed by atoms with E-state index in [9.17, 15) is 14.7 Å². The van der Waals surface area contributed by atoms with Gasteiger partial charge in [0, 0.05) is 34.9 Å². The van der Waals surface area contributed by atoms with Crippen LogP contribution < -0.4 is 10.4 Å². The summed E-state index contributed by atoms with van der Waals surface area (Å²) in [4.78, 5) is 31.3. The first-order valence-corrected chi connectivity index (χ1v) is 9.51. The highest BCUT2D eigenvalue weighted by molar-refractivity contribution is 7.99. The van der Waals surface area contributed by atoms with Crippen LogP contribution in [0.15, 0.2) is 53.7 Å². The molecule has 0 saturated carbocycles. The second kappa shape index (κ2) is 8.83. The van der Waals surface area contributed by atoms with Crippen LogP contribution >= 0.6 is 23.4 Å². The van der Waals surface area contributed by atoms with Crippen LogP contribution in [0.1, 0.15) is 6.42 Å². The predicted octanol–water partition coefficient (Wildman–Crippen LogP) is 2.30. The van der Waals surface area contributed by atoms with Crippen molar-refractivity contribution in [1.82, 2.24) is 15.3 Å². The molecule has 0 radical (unpaired) electrons. The normalized spacial score (nSPS) is 10.7. The number of fused-ring (bicyclic) bond motifs is 1. The van der Waals surface area contributed by atoms with Gasteiger partial charge in [0.05, 0.1) is 17.0 Å². The molecule has 0 aliphatic rings. The standard InChI is InChI=1S/C19H16ClN3O3S/c20-13-6-7-15-14(10-13)18(12-4-2-1-3-5-12)23-19(22-15)27-11-16(24)21-9-8-17(25)26/h1-7,10H,8-9,11H2,(H,21,24)(H,25,26)/p-1. The minimum Gasteiger partial charge on any atom is -0.550 e. The SMILES string of the molecule is O=C([O-])CCNC(=O)CSc1nc(-c2ccccc2)c2cc(Cl)ccc2n1. The Balaban J connectivity index is 1.83. The number of amides is 1. The second-order valence-corrected chi connectivity index (χ2v) is 7.02. The van der Waals surface area contributed by atoms with Gasteiger partial charge < -0.3 is 15.2 Å². The fourth-order valence-corrected chi connectivity index (χ4v) is 3.30. The van der Waals surface area contributed by atoms with E-state index in [0.717, 1.165) is 22.2 Å². The summed E-state index contributed by atoms with van der Waals surface area (Å²) in [6.45, 7) is 0.0358. The number of aliphatic carboxylic acids is 1. The lowest BCUT2D eigenvalue weighted by Crippen LogP contribution is -2.31. The molecule has 1 N–H and O–H groups in total. The first-order valence-electron chi connectivity index (χ1n) is 8.15. The molecule has 2 aromatic carbocycles. The topological polar surface area (TPSA) is 95.0 Å². The molecule has 1 heterocycles. The molecule has 0 spiro atoms. The molecule has 27 heavy (non-hydrogen) atoms. The molecular formula is C19H15ClN3O3S-. The molecule has 1 amide bonds. The van der Waals surface area contributed by atoms with Gasteiger partial charge in [0.2, 0.25) is 5.91 Å². The number of rotatable bonds is 7. The Morgan fingerprint density at radius 1 is 1.11 bits per heavy atom. The summed E-state index contributed by atoms with van der Waals surface area (Å²) in [7, 11) is 0. The van der Waals surface area contributed by atoms with Crippen molar-refractivity contribution in [2.45, 2.75) is 11.6 Å². The van der Waals surface area contributed by atoms with E-state index in [1.807, 2.05) is 42.5 Å². The van der Waals surface area contributed by atoms with E-state index in [4.69, 9.17) is 11.6 Å². The lowest BCUT2D eigenvalue weighted by Gasteiger charge is -2.09. The van der Waals surface area contributed by atoms with Gasteiger partial charge in [-0.15, -0.1) is 0 Å². The third-order valence-corrected chi connectivity index (χ3v) is 4.75. The second-order valence-electron chi connectivity index (χ2n) is 5.64. The molecule has 0 unspecified atom stereocenters. The maximum absolute atomic E-state index is 11.8. The number of halogens is 1. The van der Waals surface area contributed by atoms with Crippen LogP contribution in [0.2, 0.25) is 5.02 Å². The highest BCUT2D eigenvalue weighted by Crippen LogP contribution is 2.30. The highest BCUT2D eigenvalue weighted by atomic mass is 35.5. The Hall–Kier alpha value is -2.64. The largest absolute Gasteiger partial charge is 0.550 e. The highest BCUT2D eigenvalue weighted by Gasteiger charge is 2.12. The first kappa shape index (κ1) is 19.1. The number of carboxylic acid groups (broad SMARTS) is 1. The zero-order valence-electron chi connectivity index (χ0n) is 14.1. The number of hydrogen-bond donors (Lipinski definition) is 1. The van der Waals surface area contributed by atoms with E-state index in [0.29, 0.717) is 10.2 Å². The smallest absolute Gasteiger partial charge is 0.230 e. The van der Waals surface area contributed by atoms with Gasteiger partial charge >= 0.3 is 0 Å². The molecule has 3 rings (SSSR count). The lowest BCUT2D eigenvalue weighted by atomic mass is 10.1. The van der Waals surface area contributed by atoms with Gasteiger partial charge in [0.1, 0.15) is 0 Å². The van der Waals surface area contributed by atoms with E-state index >= 15 is 0 Å². The number of nitrogens with zero attached hydrogens (tertiary/aromatic N) is 2. The zero-order valence-corrected chi connectivity index (χ0v) is 15.7. The Bertz CT molecular complexity index is 983. The zero-order chi connectivity index (χ0) is 19.2. The number of nitrogens with one attached hydrogen (secondary N) is 1. The third kappa shape index (κ3) is 5.18. The summed E-state index contributed by atoms with van der Waals surface area (Å²) in [5, 5.41) is 14.8. The van der Waals surface area contributed by atoms with Gasteiger partial charge in [-0.05, 0) is 18.2 Å². The van der Waals surface area contributed by atoms with Gasteiger partial charge in [0.25, 0.3) is 0 Å². The Morgan fingerprint density at radius 3 is 2.63 bits per heavy atom. The fraction of sp³-hybridized carbons (Fsp3) is 0.158. The number of benzene rings is 2. The summed E-state index contributed by atoms with van der Waals surface area (Å²) >= 11 is 7.32. The van der Waals surface area contributed by atoms with Crippen molar-refractivity contribution < 1.29 is 14.7 Å². The Labute approximate surface area is 165 Å². The molecule has 0 fully saturated rings. The quantitative estimate of drug-likeness (QED) is 0.483. The van der Waals surface area contributed by atoms with Crippen molar-refractivity contribution in [3.8, 4) is 11.3 Å². The third-order valence-electron chi connectivity index (χ3n) is 3.67. The van der Waals surface area contributed by atoms with Crippen molar-refractivity contribution in [3.63, 3.8) is 0 Å². The molecule has 0 bridgehead atoms. The summed E-state index contributed by atoms with van der Waals surface area (Å²) in [5.74, 6) is -1.41. The maximum atomic E-state index is 11.8. The van der Waals surface area contributed by atoms with Crippen molar-refractivity contribution in [3.05, 3.63) is 53.6 Å². The van der Waals surface area contributed by atoms with Crippen LogP contribution in [0, 0.1) is 0 Å². The van der Waals surface area contributed by atoms with Gasteiger partial charge in [-0.2, -0.15) is 0 Å². The Morgan fingerprint density at radius 2 is 1.89 bits per heavy atom. The van der Waals surface area contributed by atoms with E-state index < -0.39 is 5.97 Å². The number of carbonyl (C=O) groups excluding carboxylic acids is 2. The van der Waals surface area contributed by atoms with Crippen molar-refractivity contribution >= 4 is 46.1 Å². The van der Waals surface area contributed by atoms with Crippen molar-refractivity contribution in [1.29, 1.82) is 0 Å². The Kier molecular flexibility index (Phi) is 6.26. The number of carboxylic acids is 1. The van der Waals surface area contributed by atoms with Gasteiger partial charge in [0.15, 0.2) is 5.16 Å². The van der Waals surface area contributed by atoms with Crippen LogP contribution in [0.25, 0.3) is 22.2 Å². The van der Waals surface area contributed by atoms with Crippen molar-refractivity contribution in [2.75, 3.05) is 12.3 Å². The average molecular weight is 401 g/mol. The van der Waals surface area contributed by atoms with Gasteiger partial charge in [-0.3, -0.25) is 4.79 Å². The van der Waals surface area contributed by atoms with Gasteiger partial charge in [-0.1, -0.05) is 53.7 Å². The summed E-state index contributed by atoms with van der Waals surface area (Å²) in [6, 6.07) is 15.1. The molecule has 6 nitrogen and oxygen atoms in total. The molecule has 8 heteroatoms. The summed E-state index contributed by atoms with van der Waals surface area (Å²) in [6.07, 6.45) is -0.220. The molecular weight excluding hydrogens is 386 g/mol. The number of hydrogen-bond acceptors (Lipinski definition) is 6. The molecule has 0 atom stereocenters. The molecule has 0 aliphatic heterocycles. The molecule has 0 aliphatic carbocycles. The lowest BCUT2D eigenvalue weighted by molar-refractivity contribution is -0.305. The van der Waals surface area contributed by atoms with Crippen LogP contribution in [0.3, 0.4) is 0 Å². The molecule has 1 aromatic heterocycles. The van der Waals surface area contributed by atoms with E-state index in [1.54, 1.807) is 6.07 Å². The van der Waals surface area contributed by atoms with Crippen molar-refractivity contribution in [2.24, 2.45) is 0 Å². The van der Waals surface area contributed by atoms with E-state index in [1.165, 1.54) is 11.8 Å². The van der Waals surface area contributed by atoms with Gasteiger partial charge in [-0.25, -0.2) is 9.97 Å². The summed E-state index contributed by atoms with van der Waals surface area (Å²) < 4.78 is 0. The molecule has 0 saturated heterocycles. The van der Waals surface area contributed by atoms with Crippen LogP contribution in [0.4, 0.5) is 0 Å². The number of thioether (sulfide) groups is 1. The van der Waals surface area contributed by atoms with E-state index in [-0.39, 0.29) is 24.6 Å². The minimum atomic E-state index is -1.20. The van der Waals surface area contributed by atoms with E-state index in [2.05, 4.69) is 15.3 Å². The average Bonchev–Trinajstić information content (AvgIpc) is 2.66. The number of carbonyl (C=O) groups is 2. The molecule has 3 aromatic rings. The summed E-state index contributed by atoms with van der Waals surface area (Å²) in [5.41, 5.74) is 2.39. The van der Waals surface area contributed by atoms with Crippen LogP contribution in [-0.2, 0) is 9.59 Å². The van der Waals surface area contributed by atoms with Crippen LogP contribution in [-0.4, -0.2) is 34.1 Å². The predicted molar refractivity (Wildman–Crippen MR) is 103 cm³/mol. The maximum Gasteiger partial charge on any atom is 0.230 e.